The number of hydrogen-bond acceptors (Lipinski definition) is 6. The smallest absolute Gasteiger partial charge is 0.260 e. The van der Waals surface area contributed by atoms with E-state index >= 15 is 0 Å². The van der Waals surface area contributed by atoms with Gasteiger partial charge in [-0.25, -0.2) is 14.4 Å². The van der Waals surface area contributed by atoms with E-state index in [-0.39, 0.29) is 34.8 Å². The van der Waals surface area contributed by atoms with Crippen molar-refractivity contribution in [1.82, 2.24) is 9.97 Å². The van der Waals surface area contributed by atoms with Gasteiger partial charge < -0.3 is 9.87 Å². The zero-order valence-electron chi connectivity index (χ0n) is 14.9. The predicted octanol–water partition coefficient (Wildman–Crippen LogP) is 2.49. The standard InChI is InChI=1S/C16H17ClFN5O4S/c1-3-6-23(28(26)27)12-5-4-11(17)13(14(12)18)15(25)22-10-7-19-16(20-8-10)21-9(2)24/h4-5,7-8H,3,6H2,1-2H3,(H,22,25)(H,26,27)(H,19,20,21,24)/p-1. The summed E-state index contributed by atoms with van der Waals surface area (Å²) in [6, 6.07) is 2.42. The zero-order chi connectivity index (χ0) is 20.8. The molecule has 1 heterocycles. The molecule has 0 aliphatic rings. The van der Waals surface area contributed by atoms with Crippen molar-refractivity contribution >= 4 is 52.0 Å². The summed E-state index contributed by atoms with van der Waals surface area (Å²) in [4.78, 5) is 31.1. The molecule has 0 aliphatic carbocycles. The molecule has 0 spiro atoms. The molecule has 1 aromatic carbocycles. The summed E-state index contributed by atoms with van der Waals surface area (Å²) in [5.74, 6) is -2.31. The van der Waals surface area contributed by atoms with Gasteiger partial charge in [0.05, 0.1) is 34.4 Å². The molecular weight excluding hydrogens is 413 g/mol. The molecule has 2 rings (SSSR count). The van der Waals surface area contributed by atoms with Crippen molar-refractivity contribution in [2.24, 2.45) is 0 Å². The van der Waals surface area contributed by atoms with E-state index in [1.165, 1.54) is 31.5 Å². The Balaban J connectivity index is 2.31. The van der Waals surface area contributed by atoms with Crippen LogP contribution in [0.5, 0.6) is 0 Å². The van der Waals surface area contributed by atoms with Crippen LogP contribution in [0, 0.1) is 5.82 Å². The highest BCUT2D eigenvalue weighted by atomic mass is 35.5. The molecule has 0 bridgehead atoms. The number of halogens is 2. The van der Waals surface area contributed by atoms with Gasteiger partial charge in [0.15, 0.2) is 5.82 Å². The number of amides is 2. The van der Waals surface area contributed by atoms with Crippen molar-refractivity contribution in [2.75, 3.05) is 21.5 Å². The van der Waals surface area contributed by atoms with Gasteiger partial charge in [-0.05, 0) is 18.6 Å². The summed E-state index contributed by atoms with van der Waals surface area (Å²) < 4.78 is 38.5. The first-order valence-corrected chi connectivity index (χ1v) is 9.41. The second kappa shape index (κ2) is 9.53. The van der Waals surface area contributed by atoms with Crippen LogP contribution < -0.4 is 14.9 Å². The van der Waals surface area contributed by atoms with E-state index in [2.05, 4.69) is 20.6 Å². The van der Waals surface area contributed by atoms with Gasteiger partial charge in [-0.2, -0.15) is 0 Å². The molecule has 1 aromatic heterocycles. The van der Waals surface area contributed by atoms with E-state index in [0.29, 0.717) is 6.42 Å². The summed E-state index contributed by atoms with van der Waals surface area (Å²) in [6.07, 6.45) is 2.86. The molecule has 0 fully saturated rings. The number of anilines is 3. The fourth-order valence-corrected chi connectivity index (χ4v) is 3.09. The average molecular weight is 429 g/mol. The van der Waals surface area contributed by atoms with Crippen LogP contribution in [-0.2, 0) is 16.1 Å². The van der Waals surface area contributed by atoms with Crippen LogP contribution >= 0.6 is 11.6 Å². The van der Waals surface area contributed by atoms with Crippen LogP contribution in [0.2, 0.25) is 5.02 Å². The molecular formula is C16H16ClFN5O4S-. The molecule has 1 unspecified atom stereocenters. The second-order valence-corrected chi connectivity index (χ2v) is 6.79. The van der Waals surface area contributed by atoms with Crippen LogP contribution in [0.4, 0.5) is 21.7 Å². The first-order chi connectivity index (χ1) is 13.2. The van der Waals surface area contributed by atoms with Crippen LogP contribution in [0.1, 0.15) is 30.6 Å². The lowest BCUT2D eigenvalue weighted by Crippen LogP contribution is -2.28. The maximum atomic E-state index is 14.9. The maximum Gasteiger partial charge on any atom is 0.260 e. The van der Waals surface area contributed by atoms with E-state index < -0.39 is 28.6 Å². The average Bonchev–Trinajstić information content (AvgIpc) is 2.61. The third-order valence-corrected chi connectivity index (χ3v) is 4.42. The van der Waals surface area contributed by atoms with Crippen molar-refractivity contribution in [3.05, 3.63) is 40.9 Å². The second-order valence-electron chi connectivity index (χ2n) is 5.51. The minimum atomic E-state index is -2.72. The third kappa shape index (κ3) is 5.21. The number of benzene rings is 1. The first-order valence-electron chi connectivity index (χ1n) is 8.00. The highest BCUT2D eigenvalue weighted by Crippen LogP contribution is 2.29. The van der Waals surface area contributed by atoms with Gasteiger partial charge in [-0.3, -0.25) is 23.4 Å². The Kier molecular flexibility index (Phi) is 7.38. The Hall–Kier alpha value is -2.63. The molecule has 0 saturated heterocycles. The Labute approximate surface area is 167 Å². The SMILES string of the molecule is CCCN(c1ccc(Cl)c(C(=O)Nc2cnc(NC(C)=O)nc2)c1F)S(=O)[O-]. The van der Waals surface area contributed by atoms with Crippen molar-refractivity contribution in [3.8, 4) is 0 Å². The molecule has 0 radical (unpaired) electrons. The van der Waals surface area contributed by atoms with Gasteiger partial charge in [0.25, 0.3) is 5.91 Å². The number of carbonyl (C=O) groups excluding carboxylic acids is 2. The van der Waals surface area contributed by atoms with E-state index in [1.807, 2.05) is 0 Å². The van der Waals surface area contributed by atoms with Crippen LogP contribution in [0.15, 0.2) is 24.5 Å². The molecule has 2 amide bonds. The lowest BCUT2D eigenvalue weighted by Gasteiger charge is -2.27. The number of aromatic nitrogens is 2. The number of nitrogens with zero attached hydrogens (tertiary/aromatic N) is 3. The number of rotatable bonds is 7. The summed E-state index contributed by atoms with van der Waals surface area (Å²) in [5, 5.41) is 4.54. The zero-order valence-corrected chi connectivity index (χ0v) is 16.4. The molecule has 150 valence electrons. The number of carbonyl (C=O) groups is 2. The Morgan fingerprint density at radius 1 is 1.29 bits per heavy atom. The quantitative estimate of drug-likeness (QED) is 0.652. The van der Waals surface area contributed by atoms with Crippen molar-refractivity contribution in [1.29, 1.82) is 0 Å². The Morgan fingerprint density at radius 3 is 2.46 bits per heavy atom. The molecule has 12 heteroatoms. The largest absolute Gasteiger partial charge is 0.755 e. The molecule has 9 nitrogen and oxygen atoms in total. The van der Waals surface area contributed by atoms with E-state index in [9.17, 15) is 22.7 Å². The highest BCUT2D eigenvalue weighted by molar-refractivity contribution is 7.80. The molecule has 28 heavy (non-hydrogen) atoms. The lowest BCUT2D eigenvalue weighted by molar-refractivity contribution is -0.114. The Bertz CT molecular complexity index is 913. The van der Waals surface area contributed by atoms with Crippen molar-refractivity contribution in [2.45, 2.75) is 20.3 Å². The molecule has 1 atom stereocenters. The summed E-state index contributed by atoms with van der Waals surface area (Å²) in [7, 11) is 0. The topological polar surface area (TPSA) is 127 Å². The monoisotopic (exact) mass is 428 g/mol. The van der Waals surface area contributed by atoms with E-state index in [0.717, 1.165) is 4.31 Å². The summed E-state index contributed by atoms with van der Waals surface area (Å²) in [6.45, 7) is 3.05. The fourth-order valence-electron chi connectivity index (χ4n) is 2.23. The van der Waals surface area contributed by atoms with Crippen LogP contribution in [0.25, 0.3) is 0 Å². The fraction of sp³-hybridized carbons (Fsp3) is 0.250. The minimum absolute atomic E-state index is 0.0323. The van der Waals surface area contributed by atoms with Gasteiger partial charge in [0.2, 0.25) is 11.9 Å². The molecule has 0 saturated carbocycles. The van der Waals surface area contributed by atoms with E-state index in [1.54, 1.807) is 6.92 Å². The van der Waals surface area contributed by atoms with Crippen molar-refractivity contribution in [3.63, 3.8) is 0 Å². The molecule has 2 aromatic rings. The minimum Gasteiger partial charge on any atom is -0.755 e. The van der Waals surface area contributed by atoms with Crippen LogP contribution in [0.3, 0.4) is 0 Å². The van der Waals surface area contributed by atoms with Gasteiger partial charge in [-0.15, -0.1) is 0 Å². The molecule has 2 N–H and O–H groups in total. The predicted molar refractivity (Wildman–Crippen MR) is 102 cm³/mol. The van der Waals surface area contributed by atoms with Gasteiger partial charge >= 0.3 is 0 Å². The summed E-state index contributed by atoms with van der Waals surface area (Å²) in [5.41, 5.74) is -0.684. The number of hydrogen-bond donors (Lipinski definition) is 2. The normalized spacial score (nSPS) is 11.6. The molecule has 0 aliphatic heterocycles. The van der Waals surface area contributed by atoms with Gasteiger partial charge in [0, 0.05) is 24.7 Å². The van der Waals surface area contributed by atoms with Crippen LogP contribution in [-0.4, -0.2) is 37.1 Å². The first kappa shape index (κ1) is 21.7. The maximum absolute atomic E-state index is 14.9. The van der Waals surface area contributed by atoms with E-state index in [4.69, 9.17) is 11.6 Å². The highest BCUT2D eigenvalue weighted by Gasteiger charge is 2.23. The van der Waals surface area contributed by atoms with Gasteiger partial charge in [0.1, 0.15) is 0 Å². The third-order valence-electron chi connectivity index (χ3n) is 3.37. The van der Waals surface area contributed by atoms with Gasteiger partial charge in [-0.1, -0.05) is 18.5 Å². The van der Waals surface area contributed by atoms with Crippen molar-refractivity contribution < 1.29 is 22.7 Å². The lowest BCUT2D eigenvalue weighted by atomic mass is 10.1. The number of nitrogens with one attached hydrogen (secondary N) is 2. The summed E-state index contributed by atoms with van der Waals surface area (Å²) >= 11 is 3.23. The Morgan fingerprint density at radius 2 is 1.93 bits per heavy atom.